The molecule has 0 unspecified atom stereocenters. The number of methoxy groups -OCH3 is 1. The van der Waals surface area contributed by atoms with Gasteiger partial charge in [-0.15, -0.1) is 0 Å². The van der Waals surface area contributed by atoms with Gasteiger partial charge in [0.25, 0.3) is 0 Å². The Bertz CT molecular complexity index is 1060. The molecule has 0 spiro atoms. The van der Waals surface area contributed by atoms with Gasteiger partial charge in [-0.05, 0) is 29.8 Å². The van der Waals surface area contributed by atoms with Gasteiger partial charge in [0.05, 0.1) is 29.5 Å². The molecule has 0 radical (unpaired) electrons. The first-order valence-electron chi connectivity index (χ1n) is 9.20. The largest absolute Gasteiger partial charge is 0.468 e. The molecule has 0 fully saturated rings. The summed E-state index contributed by atoms with van der Waals surface area (Å²) in [5.74, 6) is -4.36. The van der Waals surface area contributed by atoms with Gasteiger partial charge in [0.2, 0.25) is 11.8 Å². The molecule has 31 heavy (non-hydrogen) atoms. The maximum atomic E-state index is 13.0. The van der Waals surface area contributed by atoms with Gasteiger partial charge in [0, 0.05) is 11.6 Å². The second kappa shape index (κ2) is 9.91. The van der Waals surface area contributed by atoms with Gasteiger partial charge in [-0.2, -0.15) is 5.26 Å². The minimum absolute atomic E-state index is 0.109. The summed E-state index contributed by atoms with van der Waals surface area (Å²) in [5, 5.41) is 15.2. The zero-order valence-electron chi connectivity index (χ0n) is 16.4. The maximum absolute atomic E-state index is 13.0. The van der Waals surface area contributed by atoms with Crippen molar-refractivity contribution in [1.29, 1.82) is 5.26 Å². The Balaban J connectivity index is 1.85. The molecule has 0 bridgehead atoms. The summed E-state index contributed by atoms with van der Waals surface area (Å²) in [6.07, 6.45) is 0. The molecule has 1 aliphatic rings. The molecule has 0 saturated carbocycles. The van der Waals surface area contributed by atoms with Crippen molar-refractivity contribution >= 4 is 35.2 Å². The van der Waals surface area contributed by atoms with Crippen molar-refractivity contribution in [2.45, 2.75) is 5.92 Å². The highest BCUT2D eigenvalue weighted by Gasteiger charge is 2.44. The third-order valence-corrected chi connectivity index (χ3v) is 5.64. The van der Waals surface area contributed by atoms with Crippen LogP contribution < -0.4 is 10.6 Å². The Hall–Kier alpha value is -3.64. The van der Waals surface area contributed by atoms with Gasteiger partial charge < -0.3 is 15.4 Å². The standard InChI is InChI=1S/C22H18FN3O4S/c1-30-22(29)19-18(13-5-3-2-4-6-13)16(11-24)21(26-20(19)28)31-12-17(27)25-15-9-7-14(23)8-10-15/h2-10,18-19H,12H2,1H3,(H,25,27)(H,26,28)/t18-,19-/m0/s1. The van der Waals surface area contributed by atoms with Crippen LogP contribution in [0.5, 0.6) is 0 Å². The summed E-state index contributed by atoms with van der Waals surface area (Å²) < 4.78 is 17.8. The Labute approximate surface area is 182 Å². The Kier molecular flexibility index (Phi) is 7.05. The molecule has 1 heterocycles. The highest BCUT2D eigenvalue weighted by Crippen LogP contribution is 2.40. The molecule has 0 aromatic heterocycles. The second-order valence-corrected chi connectivity index (χ2v) is 7.56. The Morgan fingerprint density at radius 1 is 1.19 bits per heavy atom. The number of halogens is 1. The van der Waals surface area contributed by atoms with Crippen LogP contribution >= 0.6 is 11.8 Å². The van der Waals surface area contributed by atoms with Crippen molar-refractivity contribution in [2.24, 2.45) is 5.92 Å². The van der Waals surface area contributed by atoms with Crippen molar-refractivity contribution in [2.75, 3.05) is 18.2 Å². The SMILES string of the molecule is COC(=O)[C@@H]1C(=O)NC(SCC(=O)Nc2ccc(F)cc2)=C(C#N)[C@@H]1c1ccccc1. The van der Waals surface area contributed by atoms with Crippen molar-refractivity contribution in [3.63, 3.8) is 0 Å². The molecule has 2 atom stereocenters. The first-order chi connectivity index (χ1) is 14.9. The monoisotopic (exact) mass is 439 g/mol. The number of thioether (sulfide) groups is 1. The van der Waals surface area contributed by atoms with E-state index in [2.05, 4.69) is 16.7 Å². The van der Waals surface area contributed by atoms with E-state index in [1.165, 1.54) is 31.4 Å². The first kappa shape index (κ1) is 22.1. The van der Waals surface area contributed by atoms with Crippen LogP contribution in [0.4, 0.5) is 10.1 Å². The van der Waals surface area contributed by atoms with Gasteiger partial charge >= 0.3 is 5.97 Å². The number of ether oxygens (including phenoxy) is 1. The molecular weight excluding hydrogens is 421 g/mol. The predicted molar refractivity (Wildman–Crippen MR) is 113 cm³/mol. The number of hydrogen-bond acceptors (Lipinski definition) is 6. The molecule has 1 aliphatic heterocycles. The fraction of sp³-hybridized carbons (Fsp3) is 0.182. The average Bonchev–Trinajstić information content (AvgIpc) is 2.78. The lowest BCUT2D eigenvalue weighted by atomic mass is 9.78. The summed E-state index contributed by atoms with van der Waals surface area (Å²) >= 11 is 0.971. The number of benzene rings is 2. The summed E-state index contributed by atoms with van der Waals surface area (Å²) in [4.78, 5) is 37.3. The quantitative estimate of drug-likeness (QED) is 0.529. The lowest BCUT2D eigenvalue weighted by Gasteiger charge is -2.30. The van der Waals surface area contributed by atoms with E-state index in [-0.39, 0.29) is 16.4 Å². The van der Waals surface area contributed by atoms with Gasteiger partial charge in [-0.25, -0.2) is 4.39 Å². The third kappa shape index (κ3) is 5.10. The summed E-state index contributed by atoms with van der Waals surface area (Å²) in [6.45, 7) is 0. The van der Waals surface area contributed by atoms with E-state index in [0.717, 1.165) is 11.8 Å². The lowest BCUT2D eigenvalue weighted by Crippen LogP contribution is -2.44. The van der Waals surface area contributed by atoms with Crippen molar-refractivity contribution in [1.82, 2.24) is 5.32 Å². The zero-order valence-corrected chi connectivity index (χ0v) is 17.2. The average molecular weight is 439 g/mol. The molecule has 2 N–H and O–H groups in total. The van der Waals surface area contributed by atoms with Crippen LogP contribution in [-0.4, -0.2) is 30.6 Å². The van der Waals surface area contributed by atoms with E-state index in [9.17, 15) is 24.0 Å². The number of nitriles is 1. The van der Waals surface area contributed by atoms with E-state index in [1.54, 1.807) is 30.3 Å². The molecule has 2 amide bonds. The number of carbonyl (C=O) groups is 3. The smallest absolute Gasteiger partial charge is 0.319 e. The molecule has 0 saturated heterocycles. The number of anilines is 1. The summed E-state index contributed by atoms with van der Waals surface area (Å²) in [7, 11) is 1.18. The molecule has 2 aromatic carbocycles. The van der Waals surface area contributed by atoms with E-state index in [4.69, 9.17) is 4.74 Å². The van der Waals surface area contributed by atoms with E-state index in [1.807, 2.05) is 0 Å². The van der Waals surface area contributed by atoms with Gasteiger partial charge in [0.1, 0.15) is 11.7 Å². The number of hydrogen-bond donors (Lipinski definition) is 2. The maximum Gasteiger partial charge on any atom is 0.319 e. The van der Waals surface area contributed by atoms with Crippen LogP contribution in [-0.2, 0) is 19.1 Å². The molecule has 7 nitrogen and oxygen atoms in total. The molecule has 3 rings (SSSR count). The number of nitrogens with zero attached hydrogens (tertiary/aromatic N) is 1. The van der Waals surface area contributed by atoms with E-state index < -0.39 is 35.4 Å². The zero-order chi connectivity index (χ0) is 22.4. The summed E-state index contributed by atoms with van der Waals surface area (Å²) in [6, 6.07) is 16.1. The number of carbonyl (C=O) groups excluding carboxylic acids is 3. The van der Waals surface area contributed by atoms with Crippen LogP contribution in [0.15, 0.2) is 65.2 Å². The number of esters is 1. The molecule has 158 valence electrons. The highest BCUT2D eigenvalue weighted by atomic mass is 32.2. The first-order valence-corrected chi connectivity index (χ1v) is 10.2. The summed E-state index contributed by atoms with van der Waals surface area (Å²) in [5.41, 5.74) is 1.20. The fourth-order valence-corrected chi connectivity index (χ4v) is 4.06. The number of allylic oxidation sites excluding steroid dienone is 1. The van der Waals surface area contributed by atoms with Crippen molar-refractivity contribution in [3.05, 3.63) is 76.6 Å². The van der Waals surface area contributed by atoms with E-state index >= 15 is 0 Å². The van der Waals surface area contributed by atoms with E-state index in [0.29, 0.717) is 11.3 Å². The minimum atomic E-state index is -1.22. The fourth-order valence-electron chi connectivity index (χ4n) is 3.21. The van der Waals surface area contributed by atoms with Gasteiger partial charge in [-0.3, -0.25) is 14.4 Å². The molecular formula is C22H18FN3O4S. The molecule has 2 aromatic rings. The topological polar surface area (TPSA) is 108 Å². The molecule has 9 heteroatoms. The highest BCUT2D eigenvalue weighted by molar-refractivity contribution is 8.03. The Morgan fingerprint density at radius 3 is 2.48 bits per heavy atom. The molecule has 0 aliphatic carbocycles. The van der Waals surface area contributed by atoms with Crippen molar-refractivity contribution in [3.8, 4) is 6.07 Å². The lowest BCUT2D eigenvalue weighted by molar-refractivity contribution is -0.150. The van der Waals surface area contributed by atoms with Crippen LogP contribution in [0.1, 0.15) is 11.5 Å². The van der Waals surface area contributed by atoms with Crippen LogP contribution in [0, 0.1) is 23.1 Å². The number of rotatable bonds is 6. The van der Waals surface area contributed by atoms with Gasteiger partial charge in [-0.1, -0.05) is 42.1 Å². The third-order valence-electron chi connectivity index (χ3n) is 4.62. The normalized spacial score (nSPS) is 18.0. The predicted octanol–water partition coefficient (Wildman–Crippen LogP) is 2.94. The van der Waals surface area contributed by atoms with Crippen LogP contribution in [0.3, 0.4) is 0 Å². The van der Waals surface area contributed by atoms with Crippen molar-refractivity contribution < 1.29 is 23.5 Å². The Morgan fingerprint density at radius 2 is 1.87 bits per heavy atom. The second-order valence-electron chi connectivity index (χ2n) is 6.58. The van der Waals surface area contributed by atoms with Crippen LogP contribution in [0.2, 0.25) is 0 Å². The van der Waals surface area contributed by atoms with Crippen LogP contribution in [0.25, 0.3) is 0 Å². The minimum Gasteiger partial charge on any atom is -0.468 e. The number of amides is 2. The van der Waals surface area contributed by atoms with Gasteiger partial charge in [0.15, 0.2) is 0 Å². The number of nitrogens with one attached hydrogen (secondary N) is 2.